The fourth-order valence-corrected chi connectivity index (χ4v) is 2.32. The van der Waals surface area contributed by atoms with E-state index >= 15 is 0 Å². The molecule has 0 radical (unpaired) electrons. The molecule has 12 heavy (non-hydrogen) atoms. The summed E-state index contributed by atoms with van der Waals surface area (Å²) < 4.78 is 0. The first-order chi connectivity index (χ1) is 5.70. The fraction of sp³-hybridized carbons (Fsp3) is 1.00. The summed E-state index contributed by atoms with van der Waals surface area (Å²) in [6, 6.07) is 0.680. The second-order valence-electron chi connectivity index (χ2n) is 3.36. The van der Waals surface area contributed by atoms with E-state index < -0.39 is 0 Å². The van der Waals surface area contributed by atoms with E-state index in [1.165, 1.54) is 18.6 Å². The first kappa shape index (κ1) is 12.3. The molecule has 2 heteroatoms. The van der Waals surface area contributed by atoms with Crippen molar-refractivity contribution in [2.45, 2.75) is 51.8 Å². The van der Waals surface area contributed by atoms with Gasteiger partial charge in [-0.25, -0.2) is 0 Å². The molecule has 0 aromatic carbocycles. The number of thioether (sulfide) groups is 1. The summed E-state index contributed by atoms with van der Waals surface area (Å²) in [5.41, 5.74) is 0. The van der Waals surface area contributed by atoms with E-state index in [-0.39, 0.29) is 0 Å². The molecule has 0 spiro atoms. The van der Waals surface area contributed by atoms with Crippen LogP contribution >= 0.6 is 11.8 Å². The van der Waals surface area contributed by atoms with Crippen LogP contribution in [0.5, 0.6) is 0 Å². The van der Waals surface area contributed by atoms with Crippen LogP contribution in [0.25, 0.3) is 0 Å². The molecular formula is C10H23NS. The normalized spacial score (nSPS) is 16.0. The zero-order valence-electron chi connectivity index (χ0n) is 8.89. The Bertz CT molecular complexity index is 95.8. The van der Waals surface area contributed by atoms with Crippen LogP contribution in [0, 0.1) is 0 Å². The number of nitrogens with one attached hydrogen (secondary N) is 1. The lowest BCUT2D eigenvalue weighted by molar-refractivity contribution is 0.513. The average molecular weight is 189 g/mol. The quantitative estimate of drug-likeness (QED) is 0.661. The Kier molecular flexibility index (Phi) is 8.14. The van der Waals surface area contributed by atoms with E-state index in [1.54, 1.807) is 0 Å². The van der Waals surface area contributed by atoms with Crippen molar-refractivity contribution in [1.29, 1.82) is 0 Å². The standard InChI is InChI=1S/C10H23NS/c1-5-7-11-9(3)8-10(4)12-6-2/h9-11H,5-8H2,1-4H3. The Hall–Kier alpha value is 0.310. The molecule has 2 atom stereocenters. The Morgan fingerprint density at radius 2 is 1.92 bits per heavy atom. The van der Waals surface area contributed by atoms with E-state index in [9.17, 15) is 0 Å². The van der Waals surface area contributed by atoms with Gasteiger partial charge in [0.25, 0.3) is 0 Å². The van der Waals surface area contributed by atoms with E-state index in [1.807, 2.05) is 0 Å². The highest BCUT2D eigenvalue weighted by atomic mass is 32.2. The van der Waals surface area contributed by atoms with Crippen LogP contribution in [0.3, 0.4) is 0 Å². The van der Waals surface area contributed by atoms with Gasteiger partial charge in [-0.3, -0.25) is 0 Å². The maximum Gasteiger partial charge on any atom is 0.00491 e. The molecule has 0 saturated carbocycles. The lowest BCUT2D eigenvalue weighted by Crippen LogP contribution is -2.29. The Morgan fingerprint density at radius 3 is 2.42 bits per heavy atom. The van der Waals surface area contributed by atoms with Gasteiger partial charge in [-0.1, -0.05) is 20.8 Å². The highest BCUT2D eigenvalue weighted by Gasteiger charge is 2.06. The molecular weight excluding hydrogens is 166 g/mol. The van der Waals surface area contributed by atoms with Gasteiger partial charge >= 0.3 is 0 Å². The van der Waals surface area contributed by atoms with Gasteiger partial charge < -0.3 is 5.32 Å². The SMILES string of the molecule is CCCNC(C)CC(C)SCC. The van der Waals surface area contributed by atoms with Crippen LogP contribution in [-0.4, -0.2) is 23.6 Å². The van der Waals surface area contributed by atoms with Gasteiger partial charge in [0.1, 0.15) is 0 Å². The molecule has 0 rings (SSSR count). The second-order valence-corrected chi connectivity index (χ2v) is 5.07. The van der Waals surface area contributed by atoms with Crippen molar-refractivity contribution in [3.8, 4) is 0 Å². The molecule has 1 nitrogen and oxygen atoms in total. The molecule has 0 saturated heterocycles. The molecule has 0 heterocycles. The molecule has 0 aromatic heterocycles. The summed E-state index contributed by atoms with van der Waals surface area (Å²) in [6.07, 6.45) is 2.53. The summed E-state index contributed by atoms with van der Waals surface area (Å²) in [5, 5.41) is 4.31. The van der Waals surface area contributed by atoms with Crippen molar-refractivity contribution in [2.75, 3.05) is 12.3 Å². The number of hydrogen-bond acceptors (Lipinski definition) is 2. The van der Waals surface area contributed by atoms with E-state index in [4.69, 9.17) is 0 Å². The second kappa shape index (κ2) is 7.93. The van der Waals surface area contributed by atoms with Crippen LogP contribution in [-0.2, 0) is 0 Å². The minimum atomic E-state index is 0.680. The van der Waals surface area contributed by atoms with E-state index in [2.05, 4.69) is 44.8 Å². The third-order valence-corrected chi connectivity index (χ3v) is 2.97. The van der Waals surface area contributed by atoms with Crippen molar-refractivity contribution >= 4 is 11.8 Å². The van der Waals surface area contributed by atoms with Gasteiger partial charge in [-0.05, 0) is 32.1 Å². The predicted octanol–water partition coefficient (Wildman–Crippen LogP) is 2.91. The molecule has 0 fully saturated rings. The topological polar surface area (TPSA) is 12.0 Å². The smallest absolute Gasteiger partial charge is 0.00491 e. The zero-order valence-corrected chi connectivity index (χ0v) is 9.71. The van der Waals surface area contributed by atoms with Gasteiger partial charge in [-0.2, -0.15) is 11.8 Å². The van der Waals surface area contributed by atoms with E-state index in [0.717, 1.165) is 11.8 Å². The summed E-state index contributed by atoms with van der Waals surface area (Å²) >= 11 is 2.05. The molecule has 2 unspecified atom stereocenters. The molecule has 0 aromatic rings. The molecule has 0 aliphatic rings. The monoisotopic (exact) mass is 189 g/mol. The predicted molar refractivity (Wildman–Crippen MR) is 60.0 cm³/mol. The Balaban J connectivity index is 3.33. The van der Waals surface area contributed by atoms with Crippen molar-refractivity contribution in [2.24, 2.45) is 0 Å². The van der Waals surface area contributed by atoms with Crippen molar-refractivity contribution in [1.82, 2.24) is 5.32 Å². The first-order valence-corrected chi connectivity index (χ1v) is 6.10. The highest BCUT2D eigenvalue weighted by molar-refractivity contribution is 7.99. The lowest BCUT2D eigenvalue weighted by atomic mass is 10.2. The molecule has 0 aliphatic heterocycles. The van der Waals surface area contributed by atoms with Gasteiger partial charge in [0.2, 0.25) is 0 Å². The molecule has 0 amide bonds. The van der Waals surface area contributed by atoms with Gasteiger partial charge in [0.05, 0.1) is 0 Å². The van der Waals surface area contributed by atoms with Crippen LogP contribution < -0.4 is 5.32 Å². The van der Waals surface area contributed by atoms with Crippen LogP contribution in [0.1, 0.15) is 40.5 Å². The molecule has 1 N–H and O–H groups in total. The van der Waals surface area contributed by atoms with Crippen LogP contribution in [0.15, 0.2) is 0 Å². The summed E-state index contributed by atoms with van der Waals surface area (Å²) in [6.45, 7) is 10.2. The first-order valence-electron chi connectivity index (χ1n) is 5.05. The molecule has 0 bridgehead atoms. The number of hydrogen-bond donors (Lipinski definition) is 1. The lowest BCUT2D eigenvalue weighted by Gasteiger charge is -2.17. The van der Waals surface area contributed by atoms with Gasteiger partial charge in [0.15, 0.2) is 0 Å². The fourth-order valence-electron chi connectivity index (χ4n) is 1.32. The summed E-state index contributed by atoms with van der Waals surface area (Å²) in [4.78, 5) is 0. The third-order valence-electron chi connectivity index (χ3n) is 1.88. The number of rotatable bonds is 7. The maximum atomic E-state index is 3.51. The van der Waals surface area contributed by atoms with Gasteiger partial charge in [0, 0.05) is 11.3 Å². The van der Waals surface area contributed by atoms with Crippen molar-refractivity contribution in [3.05, 3.63) is 0 Å². The Morgan fingerprint density at radius 1 is 1.25 bits per heavy atom. The van der Waals surface area contributed by atoms with Crippen molar-refractivity contribution in [3.63, 3.8) is 0 Å². The molecule has 74 valence electrons. The Labute approximate surface area is 81.7 Å². The van der Waals surface area contributed by atoms with Crippen LogP contribution in [0.2, 0.25) is 0 Å². The molecule has 0 aliphatic carbocycles. The highest BCUT2D eigenvalue weighted by Crippen LogP contribution is 2.14. The van der Waals surface area contributed by atoms with E-state index in [0.29, 0.717) is 6.04 Å². The van der Waals surface area contributed by atoms with Crippen LogP contribution in [0.4, 0.5) is 0 Å². The average Bonchev–Trinajstić information content (AvgIpc) is 2.01. The summed E-state index contributed by atoms with van der Waals surface area (Å²) in [7, 11) is 0. The third kappa shape index (κ3) is 6.99. The minimum Gasteiger partial charge on any atom is -0.314 e. The van der Waals surface area contributed by atoms with Gasteiger partial charge in [-0.15, -0.1) is 0 Å². The minimum absolute atomic E-state index is 0.680. The maximum absolute atomic E-state index is 3.51. The summed E-state index contributed by atoms with van der Waals surface area (Å²) in [5.74, 6) is 1.24. The zero-order chi connectivity index (χ0) is 9.40. The largest absolute Gasteiger partial charge is 0.314 e. The van der Waals surface area contributed by atoms with Crippen molar-refractivity contribution < 1.29 is 0 Å².